The Morgan fingerprint density at radius 1 is 0.973 bits per heavy atom. The smallest absolute Gasteiger partial charge is 0.231 e. The number of anilines is 1. The highest BCUT2D eigenvalue weighted by Gasteiger charge is 2.27. The minimum Gasteiger partial charge on any atom is -0.454 e. The van der Waals surface area contributed by atoms with Gasteiger partial charge in [-0.25, -0.2) is 4.39 Å². The van der Waals surface area contributed by atoms with E-state index in [1.54, 1.807) is 16.8 Å². The molecule has 0 spiro atoms. The van der Waals surface area contributed by atoms with Crippen LogP contribution in [0.5, 0.6) is 11.5 Å². The van der Waals surface area contributed by atoms with Crippen molar-refractivity contribution in [2.45, 2.75) is 11.7 Å². The number of thioether (sulfide) groups is 1. The Morgan fingerprint density at radius 2 is 1.78 bits per heavy atom. The summed E-state index contributed by atoms with van der Waals surface area (Å²) in [5.74, 6) is 1.27. The number of fused-ring (bicyclic) bond motifs is 2. The normalized spacial score (nSPS) is 15.0. The number of aromatic nitrogens is 3. The van der Waals surface area contributed by atoms with Crippen LogP contribution in [-0.4, -0.2) is 27.4 Å². The first-order valence-corrected chi connectivity index (χ1v) is 12.9. The summed E-state index contributed by atoms with van der Waals surface area (Å²) in [4.78, 5) is 0.694. The van der Waals surface area contributed by atoms with E-state index in [0.29, 0.717) is 50.2 Å². The zero-order valence-electron chi connectivity index (χ0n) is 18.7. The Kier molecular flexibility index (Phi) is 6.46. The van der Waals surface area contributed by atoms with Gasteiger partial charge < -0.3 is 14.8 Å². The van der Waals surface area contributed by atoms with Gasteiger partial charge >= 0.3 is 0 Å². The van der Waals surface area contributed by atoms with E-state index in [-0.39, 0.29) is 16.8 Å². The van der Waals surface area contributed by atoms with E-state index in [4.69, 9.17) is 49.4 Å². The Bertz CT molecular complexity index is 1590. The van der Waals surface area contributed by atoms with E-state index in [1.165, 1.54) is 23.9 Å². The lowest BCUT2D eigenvalue weighted by Gasteiger charge is -2.18. The number of benzene rings is 3. The van der Waals surface area contributed by atoms with E-state index in [1.807, 2.05) is 36.4 Å². The van der Waals surface area contributed by atoms with Gasteiger partial charge in [-0.05, 0) is 71.9 Å². The third-order valence-electron chi connectivity index (χ3n) is 5.57. The van der Waals surface area contributed by atoms with Crippen LogP contribution in [0.3, 0.4) is 0 Å². The van der Waals surface area contributed by atoms with E-state index in [2.05, 4.69) is 15.5 Å². The highest BCUT2D eigenvalue weighted by atomic mass is 35.5. The first-order chi connectivity index (χ1) is 17.9. The standard InChI is InChI=1S/C25H15Cl3FN5O2S/c26-14-2-4-15(5-3-14)30-11-23-31-32-25-34(23)33-24(16-9-19(29)18(28)10-17(16)27)22(37-25)8-13-1-6-20-21(7-13)36-12-35-20/h1-10,30H,11-12H2/b22-8-. The van der Waals surface area contributed by atoms with Crippen LogP contribution in [0, 0.1) is 5.82 Å². The fourth-order valence-electron chi connectivity index (χ4n) is 3.76. The van der Waals surface area contributed by atoms with E-state index in [0.717, 1.165) is 11.3 Å². The number of allylic oxidation sites excluding steroid dienone is 1. The molecule has 0 amide bonds. The summed E-state index contributed by atoms with van der Waals surface area (Å²) >= 11 is 19.8. The molecule has 1 aromatic heterocycles. The highest BCUT2D eigenvalue weighted by Crippen LogP contribution is 2.39. The molecule has 2 aliphatic heterocycles. The monoisotopic (exact) mass is 573 g/mol. The fourth-order valence-corrected chi connectivity index (χ4v) is 5.31. The maximum absolute atomic E-state index is 14.5. The molecule has 0 fully saturated rings. The minimum atomic E-state index is -0.602. The van der Waals surface area contributed by atoms with Crippen LogP contribution in [0.1, 0.15) is 17.0 Å². The van der Waals surface area contributed by atoms with Gasteiger partial charge in [0.2, 0.25) is 11.9 Å². The Morgan fingerprint density at radius 3 is 2.62 bits per heavy atom. The molecule has 0 unspecified atom stereocenters. The molecule has 1 N–H and O–H groups in total. The van der Waals surface area contributed by atoms with Crippen molar-refractivity contribution in [2.75, 3.05) is 12.1 Å². The summed E-state index contributed by atoms with van der Waals surface area (Å²) in [6.45, 7) is 0.516. The van der Waals surface area contributed by atoms with Gasteiger partial charge in [0.1, 0.15) is 11.5 Å². The van der Waals surface area contributed by atoms with E-state index < -0.39 is 5.82 Å². The van der Waals surface area contributed by atoms with Crippen molar-refractivity contribution < 1.29 is 13.9 Å². The number of halogens is 4. The van der Waals surface area contributed by atoms with Crippen molar-refractivity contribution in [2.24, 2.45) is 5.10 Å². The molecule has 37 heavy (non-hydrogen) atoms. The van der Waals surface area contributed by atoms with Crippen molar-refractivity contribution in [3.05, 3.63) is 97.3 Å². The predicted octanol–water partition coefficient (Wildman–Crippen LogP) is 7.12. The van der Waals surface area contributed by atoms with Crippen LogP contribution >= 0.6 is 46.6 Å². The van der Waals surface area contributed by atoms with Crippen molar-refractivity contribution in [1.82, 2.24) is 14.9 Å². The zero-order valence-corrected chi connectivity index (χ0v) is 21.8. The molecule has 0 atom stereocenters. The molecule has 12 heteroatoms. The molecule has 7 nitrogen and oxygen atoms in total. The van der Waals surface area contributed by atoms with Crippen molar-refractivity contribution in [1.29, 1.82) is 0 Å². The summed E-state index contributed by atoms with van der Waals surface area (Å²) in [5.41, 5.74) is 2.53. The van der Waals surface area contributed by atoms with Gasteiger partial charge in [-0.2, -0.15) is 9.78 Å². The predicted molar refractivity (Wildman–Crippen MR) is 144 cm³/mol. The maximum Gasteiger partial charge on any atom is 0.231 e. The lowest BCUT2D eigenvalue weighted by atomic mass is 10.1. The number of nitrogens with one attached hydrogen (secondary N) is 1. The summed E-state index contributed by atoms with van der Waals surface area (Å²) < 4.78 is 27.0. The van der Waals surface area contributed by atoms with Gasteiger partial charge in [-0.3, -0.25) is 0 Å². The molecule has 3 heterocycles. The molecule has 4 aromatic rings. The lowest BCUT2D eigenvalue weighted by Crippen LogP contribution is -2.15. The summed E-state index contributed by atoms with van der Waals surface area (Å²) in [6.07, 6.45) is 1.90. The van der Waals surface area contributed by atoms with Crippen molar-refractivity contribution in [3.8, 4) is 11.5 Å². The second-order valence-electron chi connectivity index (χ2n) is 7.99. The van der Waals surface area contributed by atoms with Gasteiger partial charge in [-0.1, -0.05) is 40.9 Å². The molecular formula is C25H15Cl3FN5O2S. The zero-order chi connectivity index (χ0) is 25.5. The molecule has 6 rings (SSSR count). The number of ether oxygens (including phenoxy) is 2. The molecule has 0 saturated carbocycles. The van der Waals surface area contributed by atoms with Gasteiger partial charge in [0.15, 0.2) is 17.3 Å². The second kappa shape index (κ2) is 9.90. The van der Waals surface area contributed by atoms with Crippen LogP contribution in [0.25, 0.3) is 6.08 Å². The summed E-state index contributed by atoms with van der Waals surface area (Å²) in [7, 11) is 0. The Hall–Kier alpha value is -3.24. The average Bonchev–Trinajstić information content (AvgIpc) is 3.52. The van der Waals surface area contributed by atoms with Crippen LogP contribution < -0.4 is 14.8 Å². The second-order valence-corrected chi connectivity index (χ2v) is 10.2. The van der Waals surface area contributed by atoms with Gasteiger partial charge in [0.05, 0.1) is 16.6 Å². The van der Waals surface area contributed by atoms with Crippen LogP contribution in [0.2, 0.25) is 15.1 Å². The molecule has 2 aliphatic rings. The molecular weight excluding hydrogens is 560 g/mol. The minimum absolute atomic E-state index is 0.0723. The van der Waals surface area contributed by atoms with Crippen LogP contribution in [0.4, 0.5) is 10.1 Å². The number of rotatable bonds is 5. The lowest BCUT2D eigenvalue weighted by molar-refractivity contribution is 0.174. The Balaban J connectivity index is 1.40. The quantitative estimate of drug-likeness (QED) is 0.256. The molecule has 0 saturated heterocycles. The molecule has 0 bridgehead atoms. The fraction of sp³-hybridized carbons (Fsp3) is 0.0800. The maximum atomic E-state index is 14.5. The number of hydrogen-bond donors (Lipinski definition) is 1. The summed E-state index contributed by atoms with van der Waals surface area (Å²) in [6, 6.07) is 15.5. The van der Waals surface area contributed by atoms with Crippen LogP contribution in [0.15, 0.2) is 69.8 Å². The molecule has 3 aromatic carbocycles. The van der Waals surface area contributed by atoms with Crippen molar-refractivity contribution >= 4 is 64.0 Å². The largest absolute Gasteiger partial charge is 0.454 e. The summed E-state index contributed by atoms with van der Waals surface area (Å²) in [5, 5.41) is 18.1. The van der Waals surface area contributed by atoms with Crippen molar-refractivity contribution in [3.63, 3.8) is 0 Å². The third-order valence-corrected chi connectivity index (χ3v) is 7.39. The topological polar surface area (TPSA) is 73.6 Å². The third kappa shape index (κ3) is 4.87. The van der Waals surface area contributed by atoms with E-state index in [9.17, 15) is 4.39 Å². The Labute approximate surface area is 229 Å². The molecule has 186 valence electrons. The molecule has 0 radical (unpaired) electrons. The average molecular weight is 575 g/mol. The van der Waals surface area contributed by atoms with Crippen LogP contribution in [-0.2, 0) is 6.54 Å². The van der Waals surface area contributed by atoms with Gasteiger partial charge in [0.25, 0.3) is 0 Å². The first kappa shape index (κ1) is 24.1. The van der Waals surface area contributed by atoms with E-state index >= 15 is 0 Å². The number of hydrogen-bond acceptors (Lipinski definition) is 7. The number of nitrogens with zero attached hydrogens (tertiary/aromatic N) is 4. The SMILES string of the molecule is Fc1cc(C2=Nn3c(CNc4ccc(Cl)cc4)nnc3S/C2=C\c2ccc3c(c2)OCO3)c(Cl)cc1Cl. The highest BCUT2D eigenvalue weighted by molar-refractivity contribution is 8.04. The first-order valence-electron chi connectivity index (χ1n) is 10.9. The van der Waals surface area contributed by atoms with Gasteiger partial charge in [-0.15, -0.1) is 10.2 Å². The molecule has 0 aliphatic carbocycles. The van der Waals surface area contributed by atoms with Gasteiger partial charge in [0, 0.05) is 21.2 Å².